The van der Waals surface area contributed by atoms with Gasteiger partial charge < -0.3 is 14.0 Å². The largest absolute Gasteiger partial charge is 0.501 e. The number of hydrogen-bond acceptors (Lipinski definition) is 4. The van der Waals surface area contributed by atoms with Crippen molar-refractivity contribution in [3.05, 3.63) is 191 Å². The Morgan fingerprint density at radius 2 is 1.36 bits per heavy atom. The van der Waals surface area contributed by atoms with Crippen molar-refractivity contribution < 1.29 is 33.0 Å². The zero-order valence-corrected chi connectivity index (χ0v) is 40.8. The Labute approximate surface area is 405 Å². The molecule has 5 nitrogen and oxygen atoms in total. The van der Waals surface area contributed by atoms with E-state index >= 15 is 0 Å². The molecule has 10 aromatic rings. The van der Waals surface area contributed by atoms with Gasteiger partial charge in [0, 0.05) is 52.9 Å². The molecule has 0 aliphatic rings. The second-order valence-corrected chi connectivity index (χ2v) is 18.3. The maximum Gasteiger partial charge on any atom is 0.168 e. The molecule has 0 N–H and O–H groups in total. The monoisotopic (exact) mass is 1050 g/mol. The van der Waals surface area contributed by atoms with Crippen LogP contribution in [0.2, 0.25) is 0 Å². The van der Waals surface area contributed by atoms with Crippen LogP contribution in [0.4, 0.5) is 4.39 Å². The Bertz CT molecular complexity index is 3420. The van der Waals surface area contributed by atoms with E-state index in [2.05, 4.69) is 168 Å². The number of halogens is 1. The van der Waals surface area contributed by atoms with E-state index < -0.39 is 12.7 Å². The molecule has 6 aromatic carbocycles. The van der Waals surface area contributed by atoms with Crippen LogP contribution in [-0.2, 0) is 25.5 Å². The maximum absolute atomic E-state index is 14.1. The number of aryl methyl sites for hydroxylation is 2. The normalized spacial score (nSPS) is 12.5. The van der Waals surface area contributed by atoms with E-state index in [-0.39, 0.29) is 36.6 Å². The molecule has 7 heteroatoms. The van der Waals surface area contributed by atoms with Crippen molar-refractivity contribution in [1.29, 1.82) is 0 Å². The maximum atomic E-state index is 14.1. The van der Waals surface area contributed by atoms with Gasteiger partial charge in [-0.3, -0.25) is 9.37 Å². The SMILES string of the molecule is Cc1c[c-]c(-c2nc3nc(-c4ccccc4)ccc3n2-c2c(C(C)C)cccc2C(C)C)c2oc3cc(-c4ccccc4)ccc3c12.[2H]C([2H])([2H])c1c[c-]c(-c2ccc(C(C)(C)C)cn2)c(F)c1.[Ir]. The predicted molar refractivity (Wildman–Crippen MR) is 266 cm³/mol. The molecule has 4 heterocycles. The Kier molecular flexibility index (Phi) is 12.0. The van der Waals surface area contributed by atoms with E-state index in [1.807, 2.05) is 30.3 Å². The molecule has 1 radical (unpaired) electrons. The standard InChI is InChI=1S/C43H36N3O.C16H17FN.Ir/c1-26(2)32-17-12-18-33(27(3)4)40(32)46-37-24-23-36(30-15-10-7-11-16-30)44-42(37)45-43(46)35-21-19-28(5)39-34-22-20-31(25-38(34)47-41(35)39)29-13-8-6-9-14-29;1-11-5-7-13(14(17)9-11)15-8-6-12(10-18-15)16(2,3)4;/h6-20,22-27H,1-5H3;5-6,8-10H,1-4H3;/q2*-1;/i;1D3;. The Hall–Kier alpha value is -6.53. The summed E-state index contributed by atoms with van der Waals surface area (Å²) in [7, 11) is 0. The molecule has 0 bridgehead atoms. The van der Waals surface area contributed by atoms with Crippen LogP contribution in [-0.4, -0.2) is 19.5 Å². The fourth-order valence-corrected chi connectivity index (χ4v) is 8.51. The van der Waals surface area contributed by atoms with Gasteiger partial charge in [-0.15, -0.1) is 41.5 Å². The van der Waals surface area contributed by atoms with Crippen molar-refractivity contribution in [2.24, 2.45) is 0 Å². The fourth-order valence-electron chi connectivity index (χ4n) is 8.51. The molecular formula is C59H53FIrN4O-2. The zero-order chi connectivity index (χ0) is 48.1. The number of para-hydroxylation sites is 1. The van der Waals surface area contributed by atoms with Gasteiger partial charge in [0.25, 0.3) is 0 Å². The molecule has 0 saturated carbocycles. The number of pyridine rings is 2. The van der Waals surface area contributed by atoms with Crippen LogP contribution in [0.5, 0.6) is 0 Å². The van der Waals surface area contributed by atoms with Crippen molar-refractivity contribution in [3.8, 4) is 50.7 Å². The Morgan fingerprint density at radius 1 is 0.697 bits per heavy atom. The van der Waals surface area contributed by atoms with Crippen LogP contribution in [0, 0.1) is 31.7 Å². The average Bonchev–Trinajstić information content (AvgIpc) is 3.90. The van der Waals surface area contributed by atoms with Crippen molar-refractivity contribution in [3.63, 3.8) is 0 Å². The zero-order valence-electron chi connectivity index (χ0n) is 41.4. The molecule has 10 rings (SSSR count). The summed E-state index contributed by atoms with van der Waals surface area (Å²) in [5, 5.41) is 2.18. The van der Waals surface area contributed by atoms with Crippen LogP contribution < -0.4 is 0 Å². The van der Waals surface area contributed by atoms with Gasteiger partial charge in [0.05, 0.1) is 22.6 Å². The number of rotatable bonds is 7. The quantitative estimate of drug-likeness (QED) is 0.149. The topological polar surface area (TPSA) is 56.7 Å². The minimum Gasteiger partial charge on any atom is -0.501 e. The third-order valence-corrected chi connectivity index (χ3v) is 12.0. The first kappa shape index (κ1) is 42.1. The summed E-state index contributed by atoms with van der Waals surface area (Å²) in [5.74, 6) is 0.755. The predicted octanol–water partition coefficient (Wildman–Crippen LogP) is 16.0. The second-order valence-electron chi connectivity index (χ2n) is 18.3. The molecule has 0 atom stereocenters. The van der Waals surface area contributed by atoms with E-state index in [0.717, 1.165) is 84.1 Å². The minimum absolute atomic E-state index is 0. The molecule has 0 aliphatic carbocycles. The molecule has 4 aromatic heterocycles. The fraction of sp³-hybridized carbons (Fsp3) is 0.203. The first-order chi connectivity index (χ1) is 32.5. The van der Waals surface area contributed by atoms with E-state index in [0.29, 0.717) is 23.2 Å². The van der Waals surface area contributed by atoms with Gasteiger partial charge in [-0.2, -0.15) is 0 Å². The van der Waals surface area contributed by atoms with Crippen molar-refractivity contribution >= 4 is 33.1 Å². The van der Waals surface area contributed by atoms with Gasteiger partial charge in [-0.1, -0.05) is 182 Å². The molecular weight excluding hydrogens is 992 g/mol. The summed E-state index contributed by atoms with van der Waals surface area (Å²) in [4.78, 5) is 14.7. The molecule has 0 saturated heterocycles. The summed E-state index contributed by atoms with van der Waals surface area (Å²) in [6.45, 7) is 15.0. The molecule has 0 amide bonds. The summed E-state index contributed by atoms with van der Waals surface area (Å²) in [6, 6.07) is 52.5. The van der Waals surface area contributed by atoms with Crippen molar-refractivity contribution in [2.75, 3.05) is 0 Å². The summed E-state index contributed by atoms with van der Waals surface area (Å²) in [6.07, 6.45) is 1.71. The molecule has 0 unspecified atom stereocenters. The number of aromatic nitrogens is 4. The van der Waals surface area contributed by atoms with Gasteiger partial charge in [0.15, 0.2) is 5.65 Å². The first-order valence-corrected chi connectivity index (χ1v) is 22.2. The third kappa shape index (κ3) is 8.90. The van der Waals surface area contributed by atoms with Gasteiger partial charge in [0.2, 0.25) is 0 Å². The molecule has 333 valence electrons. The number of fused-ring (bicyclic) bond motifs is 4. The molecule has 0 fully saturated rings. The van der Waals surface area contributed by atoms with E-state index in [1.165, 1.54) is 17.2 Å². The summed E-state index contributed by atoms with van der Waals surface area (Å²) >= 11 is 0. The molecule has 66 heavy (non-hydrogen) atoms. The van der Waals surface area contributed by atoms with Crippen LogP contribution in [0.15, 0.2) is 150 Å². The van der Waals surface area contributed by atoms with Gasteiger partial charge in [-0.05, 0) is 69.0 Å². The van der Waals surface area contributed by atoms with E-state index in [9.17, 15) is 4.39 Å². The molecule has 0 aliphatic heterocycles. The average molecular weight is 1050 g/mol. The number of benzene rings is 6. The Morgan fingerprint density at radius 3 is 1.98 bits per heavy atom. The minimum atomic E-state index is -2.33. The van der Waals surface area contributed by atoms with Crippen molar-refractivity contribution in [2.45, 2.75) is 79.5 Å². The first-order valence-electron chi connectivity index (χ1n) is 23.7. The Balaban J connectivity index is 0.000000246. The number of nitrogens with zero attached hydrogens (tertiary/aromatic N) is 4. The second kappa shape index (κ2) is 18.8. The third-order valence-electron chi connectivity index (χ3n) is 12.0. The number of hydrogen-bond donors (Lipinski definition) is 0. The summed E-state index contributed by atoms with van der Waals surface area (Å²) < 4.78 is 45.0. The van der Waals surface area contributed by atoms with Gasteiger partial charge >= 0.3 is 0 Å². The smallest absolute Gasteiger partial charge is 0.168 e. The molecule has 0 spiro atoms. The summed E-state index contributed by atoms with van der Waals surface area (Å²) in [5.41, 5.74) is 14.8. The van der Waals surface area contributed by atoms with Crippen LogP contribution in [0.25, 0.3) is 83.8 Å². The number of imidazole rings is 1. The number of furan rings is 1. The van der Waals surface area contributed by atoms with Crippen LogP contribution in [0.3, 0.4) is 0 Å². The van der Waals surface area contributed by atoms with E-state index in [4.69, 9.17) is 18.5 Å². The van der Waals surface area contributed by atoms with Gasteiger partial charge in [-0.25, -0.2) is 4.98 Å². The van der Waals surface area contributed by atoms with Crippen LogP contribution >= 0.6 is 0 Å². The van der Waals surface area contributed by atoms with Gasteiger partial charge in [0.1, 0.15) is 5.58 Å². The van der Waals surface area contributed by atoms with Crippen molar-refractivity contribution in [1.82, 2.24) is 19.5 Å². The van der Waals surface area contributed by atoms with E-state index in [1.54, 1.807) is 12.3 Å². The van der Waals surface area contributed by atoms with Crippen LogP contribution in [0.1, 0.15) is 92.2 Å².